The van der Waals surface area contributed by atoms with E-state index in [1.807, 2.05) is 56.6 Å². The molecule has 2 aliphatic heterocycles. The van der Waals surface area contributed by atoms with Gasteiger partial charge in [0.05, 0.1) is 0 Å². The Morgan fingerprint density at radius 2 is 0.938 bits per heavy atom. The van der Waals surface area contributed by atoms with E-state index >= 15 is 0 Å². The second kappa shape index (κ2) is 16.5. The zero-order valence-electron chi connectivity index (χ0n) is 37.8. The van der Waals surface area contributed by atoms with Gasteiger partial charge in [0, 0.05) is 131 Å². The number of cyclic esters (lactones) is 2. The average molecular weight is 851 g/mol. The summed E-state index contributed by atoms with van der Waals surface area (Å²) in [6.45, 7) is 16.3. The molecule has 4 aromatic carbocycles. The Morgan fingerprint density at radius 1 is 0.531 bits per heavy atom. The van der Waals surface area contributed by atoms with Gasteiger partial charge in [-0.3, -0.25) is 0 Å². The summed E-state index contributed by atoms with van der Waals surface area (Å²) in [6, 6.07) is 41.1. The van der Waals surface area contributed by atoms with E-state index in [4.69, 9.17) is 9.47 Å². The first-order chi connectivity index (χ1) is 31.0. The SMILES string of the molecule is CCN(CC)c1ccc(C2(c3c(C)n(CC)c4ccccc34)OC(=O)c3ncccc32)cc1.CCn1c(C)c(C2(c3ccc(N(C)C)cc3)OC(=O)c3ncccc32)c2ccccc21. The summed E-state index contributed by atoms with van der Waals surface area (Å²) in [5.41, 5.74) is 10.8. The van der Waals surface area contributed by atoms with Crippen molar-refractivity contribution in [2.45, 2.75) is 65.8 Å². The second-order valence-electron chi connectivity index (χ2n) is 16.5. The van der Waals surface area contributed by atoms with E-state index in [1.165, 1.54) is 0 Å². The van der Waals surface area contributed by atoms with Gasteiger partial charge in [-0.1, -0.05) is 72.8 Å². The van der Waals surface area contributed by atoms with Crippen molar-refractivity contribution in [3.63, 3.8) is 0 Å². The molecule has 0 aliphatic carbocycles. The summed E-state index contributed by atoms with van der Waals surface area (Å²) < 4.78 is 17.2. The van der Waals surface area contributed by atoms with Crippen LogP contribution in [-0.4, -0.2) is 58.2 Å². The smallest absolute Gasteiger partial charge is 0.358 e. The minimum absolute atomic E-state index is 0.381. The predicted octanol–water partition coefficient (Wildman–Crippen LogP) is 10.6. The van der Waals surface area contributed by atoms with Gasteiger partial charge in [0.2, 0.25) is 0 Å². The Hall–Kier alpha value is -7.20. The van der Waals surface area contributed by atoms with E-state index in [9.17, 15) is 9.59 Å². The lowest BCUT2D eigenvalue weighted by atomic mass is 9.79. The number of anilines is 2. The van der Waals surface area contributed by atoms with E-state index in [0.29, 0.717) is 11.4 Å². The van der Waals surface area contributed by atoms with Gasteiger partial charge in [-0.2, -0.15) is 0 Å². The van der Waals surface area contributed by atoms with Crippen LogP contribution in [-0.2, 0) is 33.8 Å². The van der Waals surface area contributed by atoms with Crippen molar-refractivity contribution in [3.05, 3.63) is 190 Å². The fourth-order valence-corrected chi connectivity index (χ4v) is 10.3. The molecule has 2 atom stereocenters. The summed E-state index contributed by atoms with van der Waals surface area (Å²) >= 11 is 0. The van der Waals surface area contributed by atoms with Gasteiger partial charge < -0.3 is 28.4 Å². The van der Waals surface area contributed by atoms with Crippen LogP contribution in [0.25, 0.3) is 21.8 Å². The summed E-state index contributed by atoms with van der Waals surface area (Å²) in [5.74, 6) is -0.772. The quantitative estimate of drug-likeness (QED) is 0.126. The third-order valence-corrected chi connectivity index (χ3v) is 13.2. The minimum Gasteiger partial charge on any atom is -0.439 e. The summed E-state index contributed by atoms with van der Waals surface area (Å²) in [7, 11) is 4.03. The molecule has 4 aromatic heterocycles. The number of esters is 2. The molecule has 2 unspecified atom stereocenters. The van der Waals surface area contributed by atoms with Gasteiger partial charge in [-0.25, -0.2) is 19.6 Å². The predicted molar refractivity (Wildman–Crippen MR) is 255 cm³/mol. The molecule has 64 heavy (non-hydrogen) atoms. The van der Waals surface area contributed by atoms with Crippen molar-refractivity contribution < 1.29 is 19.1 Å². The number of aromatic nitrogens is 4. The lowest BCUT2D eigenvalue weighted by Crippen LogP contribution is -2.30. The highest BCUT2D eigenvalue weighted by atomic mass is 16.6. The number of nitrogens with zero attached hydrogens (tertiary/aromatic N) is 6. The van der Waals surface area contributed by atoms with Crippen LogP contribution >= 0.6 is 0 Å². The first kappa shape index (κ1) is 42.1. The fraction of sp³-hybridized carbons (Fsp3) is 0.259. The molecule has 10 nitrogen and oxygen atoms in total. The first-order valence-electron chi connectivity index (χ1n) is 22.2. The normalized spacial score (nSPS) is 17.4. The number of hydrogen-bond acceptors (Lipinski definition) is 8. The number of ether oxygens (including phenoxy) is 2. The Bertz CT molecular complexity index is 3050. The Morgan fingerprint density at radius 3 is 1.33 bits per heavy atom. The minimum atomic E-state index is -1.05. The van der Waals surface area contributed by atoms with E-state index < -0.39 is 11.2 Å². The van der Waals surface area contributed by atoms with Crippen LogP contribution in [0.3, 0.4) is 0 Å². The number of carbonyl (C=O) groups is 2. The lowest BCUT2D eigenvalue weighted by molar-refractivity contribution is 0.0241. The molecule has 324 valence electrons. The van der Waals surface area contributed by atoms with E-state index in [2.05, 4.69) is 149 Å². The van der Waals surface area contributed by atoms with Crippen LogP contribution in [0.1, 0.15) is 93.4 Å². The summed E-state index contributed by atoms with van der Waals surface area (Å²) in [5, 5.41) is 2.18. The zero-order chi connectivity index (χ0) is 44.9. The van der Waals surface area contributed by atoms with Crippen LogP contribution in [0.5, 0.6) is 0 Å². The van der Waals surface area contributed by atoms with Crippen molar-refractivity contribution in [3.8, 4) is 0 Å². The van der Waals surface area contributed by atoms with E-state index in [1.54, 1.807) is 12.4 Å². The molecule has 8 aromatic rings. The van der Waals surface area contributed by atoms with Crippen LogP contribution in [0.4, 0.5) is 11.4 Å². The Labute approximate surface area is 374 Å². The maximum absolute atomic E-state index is 13.1. The third kappa shape index (κ3) is 6.29. The van der Waals surface area contributed by atoms with Crippen molar-refractivity contribution in [2.24, 2.45) is 0 Å². The molecule has 0 bridgehead atoms. The largest absolute Gasteiger partial charge is 0.439 e. The second-order valence-corrected chi connectivity index (χ2v) is 16.5. The maximum Gasteiger partial charge on any atom is 0.358 e. The van der Waals surface area contributed by atoms with E-state index in [0.717, 1.165) is 104 Å². The van der Waals surface area contributed by atoms with Crippen LogP contribution in [0.15, 0.2) is 134 Å². The number of benzene rings is 4. The van der Waals surface area contributed by atoms with Crippen molar-refractivity contribution in [2.75, 3.05) is 37.0 Å². The first-order valence-corrected chi connectivity index (χ1v) is 22.2. The van der Waals surface area contributed by atoms with Gasteiger partial charge in [0.1, 0.15) is 0 Å². The maximum atomic E-state index is 13.1. The third-order valence-electron chi connectivity index (χ3n) is 13.2. The zero-order valence-corrected chi connectivity index (χ0v) is 37.8. The van der Waals surface area contributed by atoms with Crippen LogP contribution in [0.2, 0.25) is 0 Å². The summed E-state index contributed by atoms with van der Waals surface area (Å²) in [4.78, 5) is 39.3. The number of aryl methyl sites for hydroxylation is 2. The molecular weight excluding hydrogens is 797 g/mol. The molecule has 0 spiro atoms. The fourth-order valence-electron chi connectivity index (χ4n) is 10.3. The number of hydrogen-bond donors (Lipinski definition) is 0. The highest BCUT2D eigenvalue weighted by molar-refractivity contribution is 5.98. The molecular formula is C54H54N6O4. The van der Waals surface area contributed by atoms with Gasteiger partial charge in [0.25, 0.3) is 0 Å². The average Bonchev–Trinajstić information content (AvgIpc) is 4.00. The molecule has 0 N–H and O–H groups in total. The van der Waals surface area contributed by atoms with Crippen molar-refractivity contribution >= 4 is 45.1 Å². The highest BCUT2D eigenvalue weighted by Crippen LogP contribution is 2.52. The number of para-hydroxylation sites is 2. The molecule has 0 radical (unpaired) electrons. The van der Waals surface area contributed by atoms with Crippen molar-refractivity contribution in [1.29, 1.82) is 0 Å². The van der Waals surface area contributed by atoms with Crippen LogP contribution in [0, 0.1) is 13.8 Å². The summed E-state index contributed by atoms with van der Waals surface area (Å²) in [6.07, 6.45) is 3.30. The number of fused-ring (bicyclic) bond motifs is 4. The molecule has 6 heterocycles. The number of rotatable bonds is 10. The Balaban J connectivity index is 0.000000162. The highest BCUT2D eigenvalue weighted by Gasteiger charge is 2.53. The lowest BCUT2D eigenvalue weighted by Gasteiger charge is -2.31. The van der Waals surface area contributed by atoms with Crippen LogP contribution < -0.4 is 9.80 Å². The van der Waals surface area contributed by atoms with E-state index in [-0.39, 0.29) is 11.9 Å². The molecule has 0 amide bonds. The van der Waals surface area contributed by atoms with Gasteiger partial charge in [0.15, 0.2) is 22.6 Å². The molecule has 10 rings (SSSR count). The van der Waals surface area contributed by atoms with Gasteiger partial charge in [-0.15, -0.1) is 0 Å². The molecule has 10 heteroatoms. The van der Waals surface area contributed by atoms with Gasteiger partial charge >= 0.3 is 11.9 Å². The Kier molecular flexibility index (Phi) is 10.9. The standard InChI is InChI=1S/C28H29N3O2.C26H25N3O2/c1-5-30(6-2)21-16-14-20(15-17-21)28(23-12-10-18-29-26(23)27(32)33-28)25-19(4)31(7-3)24-13-9-8-11-22(24)25;1-5-29-17(2)23(20-9-6-7-11-22(20)29)26(18-12-14-19(15-13-18)28(3)4)21-10-8-16-27-24(21)25(30)31-26/h8-18H,5-7H2,1-4H3;6-16H,5H2,1-4H3. The number of carbonyl (C=O) groups excluding carboxylic acids is 2. The molecule has 2 aliphatic rings. The van der Waals surface area contributed by atoms with Gasteiger partial charge in [-0.05, 0) is 90.1 Å². The van der Waals surface area contributed by atoms with Crippen molar-refractivity contribution in [1.82, 2.24) is 19.1 Å². The molecule has 0 fully saturated rings. The number of pyridine rings is 2. The topological polar surface area (TPSA) is 94.7 Å². The molecule has 0 saturated carbocycles. The monoisotopic (exact) mass is 850 g/mol. The molecule has 0 saturated heterocycles.